The molecule has 1 atom stereocenters. The van der Waals surface area contributed by atoms with Crippen LogP contribution in [-0.2, 0) is 14.3 Å². The maximum atomic E-state index is 12.5. The lowest BCUT2D eigenvalue weighted by Gasteiger charge is -2.38. The number of morpholine rings is 1. The third-order valence-corrected chi connectivity index (χ3v) is 6.11. The summed E-state index contributed by atoms with van der Waals surface area (Å²) in [6.45, 7) is 9.37. The van der Waals surface area contributed by atoms with Crippen LogP contribution in [0.25, 0.3) is 0 Å². The summed E-state index contributed by atoms with van der Waals surface area (Å²) >= 11 is 0. The minimum Gasteiger partial charge on any atom is -0.441 e. The van der Waals surface area contributed by atoms with Crippen LogP contribution in [0.1, 0.15) is 46.0 Å². The highest BCUT2D eigenvalue weighted by molar-refractivity contribution is 5.85. The number of nitrogens with zero attached hydrogens (tertiary/aromatic N) is 2. The summed E-state index contributed by atoms with van der Waals surface area (Å²) in [6.07, 6.45) is 3.84. The minimum atomic E-state index is -0.400. The van der Waals surface area contributed by atoms with E-state index in [9.17, 15) is 9.59 Å². The van der Waals surface area contributed by atoms with Crippen molar-refractivity contribution in [2.24, 2.45) is 5.92 Å². The number of hydrogen-bond acceptors (Lipinski definition) is 5. The number of amides is 2. The molecule has 8 heteroatoms. The number of likely N-dealkylation sites (tertiary alicyclic amines) is 1. The van der Waals surface area contributed by atoms with Crippen molar-refractivity contribution in [2.75, 3.05) is 45.9 Å². The van der Waals surface area contributed by atoms with Crippen LogP contribution >= 0.6 is 12.4 Å². The molecule has 3 saturated heterocycles. The first kappa shape index (κ1) is 22.2. The van der Waals surface area contributed by atoms with Crippen molar-refractivity contribution in [3.63, 3.8) is 0 Å². The van der Waals surface area contributed by atoms with Crippen LogP contribution in [0.4, 0.5) is 4.79 Å². The highest BCUT2D eigenvalue weighted by atomic mass is 35.5. The van der Waals surface area contributed by atoms with E-state index in [2.05, 4.69) is 19.2 Å². The van der Waals surface area contributed by atoms with Crippen LogP contribution in [-0.4, -0.2) is 79.4 Å². The Labute approximate surface area is 168 Å². The first-order valence-electron chi connectivity index (χ1n) is 10.1. The Balaban J connectivity index is 0.00000261. The third-order valence-electron chi connectivity index (χ3n) is 6.11. The van der Waals surface area contributed by atoms with Gasteiger partial charge in [0.15, 0.2) is 0 Å². The predicted octanol–water partition coefficient (Wildman–Crippen LogP) is 2.04. The molecule has 156 valence electrons. The van der Waals surface area contributed by atoms with E-state index in [1.54, 1.807) is 0 Å². The second kappa shape index (κ2) is 9.94. The number of halogens is 1. The predicted molar refractivity (Wildman–Crippen MR) is 105 cm³/mol. The molecule has 2 amide bonds. The van der Waals surface area contributed by atoms with E-state index in [0.717, 1.165) is 45.3 Å². The average molecular weight is 404 g/mol. The number of ether oxygens (including phenoxy) is 2. The van der Waals surface area contributed by atoms with Gasteiger partial charge in [-0.1, -0.05) is 26.7 Å². The van der Waals surface area contributed by atoms with E-state index in [1.165, 1.54) is 0 Å². The lowest BCUT2D eigenvalue weighted by Crippen LogP contribution is -2.50. The van der Waals surface area contributed by atoms with Crippen molar-refractivity contribution in [3.8, 4) is 0 Å². The van der Waals surface area contributed by atoms with Crippen molar-refractivity contribution in [2.45, 2.75) is 57.7 Å². The maximum absolute atomic E-state index is 12.5. The van der Waals surface area contributed by atoms with Gasteiger partial charge in [0.2, 0.25) is 5.91 Å². The van der Waals surface area contributed by atoms with Crippen LogP contribution in [0.15, 0.2) is 0 Å². The molecule has 0 aromatic rings. The lowest BCUT2D eigenvalue weighted by atomic mass is 9.90. The fourth-order valence-electron chi connectivity index (χ4n) is 4.19. The Morgan fingerprint density at radius 2 is 2.00 bits per heavy atom. The summed E-state index contributed by atoms with van der Waals surface area (Å²) in [7, 11) is 0. The van der Waals surface area contributed by atoms with Crippen molar-refractivity contribution in [3.05, 3.63) is 0 Å². The monoisotopic (exact) mass is 403 g/mol. The van der Waals surface area contributed by atoms with Gasteiger partial charge in [-0.05, 0) is 5.92 Å². The van der Waals surface area contributed by atoms with Gasteiger partial charge in [-0.25, -0.2) is 4.79 Å². The van der Waals surface area contributed by atoms with E-state index < -0.39 is 5.60 Å². The van der Waals surface area contributed by atoms with Crippen molar-refractivity contribution in [1.29, 1.82) is 0 Å². The number of hydrogen-bond donors (Lipinski definition) is 1. The van der Waals surface area contributed by atoms with Gasteiger partial charge < -0.3 is 24.6 Å². The van der Waals surface area contributed by atoms with E-state index >= 15 is 0 Å². The molecule has 3 rings (SSSR count). The van der Waals surface area contributed by atoms with Crippen LogP contribution in [0.2, 0.25) is 0 Å². The Hall–Kier alpha value is -1.05. The fourth-order valence-corrected chi connectivity index (χ4v) is 4.19. The zero-order valence-corrected chi connectivity index (χ0v) is 17.4. The van der Waals surface area contributed by atoms with Gasteiger partial charge >= 0.3 is 6.09 Å². The Morgan fingerprint density at radius 3 is 2.59 bits per heavy atom. The molecule has 1 spiro atoms. The molecule has 3 aliphatic rings. The first-order valence-corrected chi connectivity index (χ1v) is 10.1. The first-order chi connectivity index (χ1) is 12.5. The lowest BCUT2D eigenvalue weighted by molar-refractivity contribution is -0.138. The van der Waals surface area contributed by atoms with Crippen LogP contribution in [0.5, 0.6) is 0 Å². The third kappa shape index (κ3) is 5.48. The van der Waals surface area contributed by atoms with Crippen molar-refractivity contribution < 1.29 is 19.1 Å². The van der Waals surface area contributed by atoms with Crippen molar-refractivity contribution >= 4 is 24.4 Å². The van der Waals surface area contributed by atoms with E-state index in [1.807, 2.05) is 9.80 Å². The number of carbonyl (C=O) groups excluding carboxylic acids is 2. The van der Waals surface area contributed by atoms with Gasteiger partial charge in [0.1, 0.15) is 5.60 Å². The second-order valence-corrected chi connectivity index (χ2v) is 7.90. The zero-order chi connectivity index (χ0) is 18.6. The van der Waals surface area contributed by atoms with Crippen LogP contribution in [0.3, 0.4) is 0 Å². The smallest absolute Gasteiger partial charge is 0.410 e. The molecule has 27 heavy (non-hydrogen) atoms. The molecule has 0 radical (unpaired) electrons. The van der Waals surface area contributed by atoms with Crippen LogP contribution < -0.4 is 5.32 Å². The molecule has 1 N–H and O–H groups in total. The molecule has 3 heterocycles. The molecule has 0 saturated carbocycles. The Kier molecular flexibility index (Phi) is 8.19. The molecule has 0 aromatic carbocycles. The standard InChI is InChI=1S/C19H33N3O4.ClH/c1-3-15(4-2)13-22-14-19(26-18(22)24)5-8-21(9-6-19)17(23)11-16-12-20-7-10-25-16;/h15-16,20H,3-14H2,1-2H3;1H. The normalized spacial score (nSPS) is 24.9. The Bertz CT molecular complexity index is 501. The summed E-state index contributed by atoms with van der Waals surface area (Å²) in [5.74, 6) is 0.676. The molecule has 3 fully saturated rings. The quantitative estimate of drug-likeness (QED) is 0.734. The molecule has 0 bridgehead atoms. The molecule has 0 aliphatic carbocycles. The van der Waals surface area contributed by atoms with Gasteiger partial charge in [-0.15, -0.1) is 12.4 Å². The molecule has 3 aliphatic heterocycles. The molecular weight excluding hydrogens is 370 g/mol. The topological polar surface area (TPSA) is 71.1 Å². The number of rotatable bonds is 6. The largest absolute Gasteiger partial charge is 0.441 e. The summed E-state index contributed by atoms with van der Waals surface area (Å²) < 4.78 is 11.4. The molecular formula is C19H34ClN3O4. The zero-order valence-electron chi connectivity index (χ0n) is 16.6. The van der Waals surface area contributed by atoms with Crippen molar-refractivity contribution in [1.82, 2.24) is 15.1 Å². The van der Waals surface area contributed by atoms with Gasteiger partial charge in [0, 0.05) is 45.6 Å². The average Bonchev–Trinajstić information content (AvgIpc) is 2.95. The van der Waals surface area contributed by atoms with Gasteiger partial charge in [-0.3, -0.25) is 4.79 Å². The van der Waals surface area contributed by atoms with Gasteiger partial charge in [-0.2, -0.15) is 0 Å². The van der Waals surface area contributed by atoms with E-state index in [4.69, 9.17) is 9.47 Å². The fraction of sp³-hybridized carbons (Fsp3) is 0.895. The van der Waals surface area contributed by atoms with Gasteiger partial charge in [0.25, 0.3) is 0 Å². The van der Waals surface area contributed by atoms with Gasteiger partial charge in [0.05, 0.1) is 25.7 Å². The molecule has 0 aromatic heterocycles. The summed E-state index contributed by atoms with van der Waals surface area (Å²) in [5, 5.41) is 3.26. The minimum absolute atomic E-state index is 0. The second-order valence-electron chi connectivity index (χ2n) is 7.90. The summed E-state index contributed by atoms with van der Waals surface area (Å²) in [6, 6.07) is 0. The van der Waals surface area contributed by atoms with E-state index in [-0.39, 0.29) is 30.5 Å². The van der Waals surface area contributed by atoms with Crippen LogP contribution in [0, 0.1) is 5.92 Å². The SMILES string of the molecule is CCC(CC)CN1CC2(CCN(C(=O)CC3CNCCO3)CC2)OC1=O.Cl. The maximum Gasteiger partial charge on any atom is 0.410 e. The van der Waals surface area contributed by atoms with E-state index in [0.29, 0.717) is 38.6 Å². The summed E-state index contributed by atoms with van der Waals surface area (Å²) in [4.78, 5) is 28.6. The summed E-state index contributed by atoms with van der Waals surface area (Å²) in [5.41, 5.74) is -0.400. The molecule has 1 unspecified atom stereocenters. The highest BCUT2D eigenvalue weighted by Gasteiger charge is 2.47. The number of nitrogens with one attached hydrogen (secondary N) is 1. The Morgan fingerprint density at radius 1 is 1.30 bits per heavy atom. The molecule has 7 nitrogen and oxygen atoms in total. The number of piperidine rings is 1. The number of carbonyl (C=O) groups is 2. The highest BCUT2D eigenvalue weighted by Crippen LogP contribution is 2.34.